The zero-order valence-corrected chi connectivity index (χ0v) is 5.71. The average molecular weight is 144 g/mol. The SMILES string of the molecule is N[C@H]1CCNC[C@@H]1C(=O)O. The smallest absolute Gasteiger partial charge is 0.309 e. The zero-order valence-electron chi connectivity index (χ0n) is 5.71. The fraction of sp³-hybridized carbons (Fsp3) is 0.833. The average Bonchev–Trinajstić information content (AvgIpc) is 1.88. The molecule has 0 radical (unpaired) electrons. The standard InChI is InChI=1S/C6H12N2O2/c7-5-1-2-8-3-4(5)6(9)10/h4-5,8H,1-3,7H2,(H,9,10)/t4-,5-/m0/s1. The van der Waals surface area contributed by atoms with Crippen LogP contribution in [0, 0.1) is 5.92 Å². The summed E-state index contributed by atoms with van der Waals surface area (Å²) in [5.41, 5.74) is 5.56. The first-order valence-corrected chi connectivity index (χ1v) is 3.41. The van der Waals surface area contributed by atoms with Crippen molar-refractivity contribution in [1.82, 2.24) is 5.32 Å². The van der Waals surface area contributed by atoms with Gasteiger partial charge in [-0.25, -0.2) is 0 Å². The highest BCUT2D eigenvalue weighted by molar-refractivity contribution is 5.71. The lowest BCUT2D eigenvalue weighted by Crippen LogP contribution is -2.48. The first-order chi connectivity index (χ1) is 4.72. The van der Waals surface area contributed by atoms with Crippen LogP contribution in [0.25, 0.3) is 0 Å². The topological polar surface area (TPSA) is 75.3 Å². The molecular weight excluding hydrogens is 132 g/mol. The van der Waals surface area contributed by atoms with Crippen molar-refractivity contribution in [3.05, 3.63) is 0 Å². The Hall–Kier alpha value is -0.610. The third-order valence-electron chi connectivity index (χ3n) is 1.85. The fourth-order valence-electron chi connectivity index (χ4n) is 1.15. The van der Waals surface area contributed by atoms with Crippen LogP contribution < -0.4 is 11.1 Å². The first kappa shape index (κ1) is 7.50. The molecule has 1 rings (SSSR count). The summed E-state index contributed by atoms with van der Waals surface area (Å²) in [6, 6.07) is -0.168. The lowest BCUT2D eigenvalue weighted by Gasteiger charge is -2.25. The first-order valence-electron chi connectivity index (χ1n) is 3.41. The van der Waals surface area contributed by atoms with Gasteiger partial charge in [-0.15, -0.1) is 0 Å². The van der Waals surface area contributed by atoms with Crippen LogP contribution in [0.2, 0.25) is 0 Å². The Bertz CT molecular complexity index is 138. The van der Waals surface area contributed by atoms with E-state index in [0.29, 0.717) is 6.54 Å². The van der Waals surface area contributed by atoms with E-state index in [1.807, 2.05) is 0 Å². The molecule has 0 unspecified atom stereocenters. The number of hydrogen-bond donors (Lipinski definition) is 3. The van der Waals surface area contributed by atoms with E-state index >= 15 is 0 Å². The Morgan fingerprint density at radius 3 is 2.80 bits per heavy atom. The number of aliphatic carboxylic acids is 1. The molecule has 0 saturated carbocycles. The number of rotatable bonds is 1. The highest BCUT2D eigenvalue weighted by atomic mass is 16.4. The highest BCUT2D eigenvalue weighted by Crippen LogP contribution is 2.08. The van der Waals surface area contributed by atoms with Gasteiger partial charge in [-0.05, 0) is 13.0 Å². The summed E-state index contributed by atoms with van der Waals surface area (Å²) in [5, 5.41) is 11.6. The number of carboxylic acids is 1. The molecule has 10 heavy (non-hydrogen) atoms. The lowest BCUT2D eigenvalue weighted by molar-refractivity contribution is -0.142. The molecule has 1 fully saturated rings. The largest absolute Gasteiger partial charge is 0.481 e. The summed E-state index contributed by atoms with van der Waals surface area (Å²) in [4.78, 5) is 10.4. The van der Waals surface area contributed by atoms with Crippen LogP contribution in [0.15, 0.2) is 0 Å². The van der Waals surface area contributed by atoms with Gasteiger partial charge in [0, 0.05) is 12.6 Å². The maximum atomic E-state index is 10.4. The maximum Gasteiger partial charge on any atom is 0.309 e. The van der Waals surface area contributed by atoms with Gasteiger partial charge in [0.05, 0.1) is 5.92 Å². The van der Waals surface area contributed by atoms with Crippen molar-refractivity contribution in [1.29, 1.82) is 0 Å². The minimum Gasteiger partial charge on any atom is -0.481 e. The van der Waals surface area contributed by atoms with Crippen molar-refractivity contribution >= 4 is 5.97 Å². The third-order valence-corrected chi connectivity index (χ3v) is 1.85. The van der Waals surface area contributed by atoms with Crippen molar-refractivity contribution in [3.63, 3.8) is 0 Å². The molecule has 58 valence electrons. The lowest BCUT2D eigenvalue weighted by atomic mass is 9.95. The van der Waals surface area contributed by atoms with Crippen molar-refractivity contribution in [3.8, 4) is 0 Å². The number of piperidine rings is 1. The zero-order chi connectivity index (χ0) is 7.56. The third kappa shape index (κ3) is 1.46. The van der Waals surface area contributed by atoms with Gasteiger partial charge in [0.1, 0.15) is 0 Å². The van der Waals surface area contributed by atoms with Crippen molar-refractivity contribution < 1.29 is 9.90 Å². The van der Waals surface area contributed by atoms with Crippen LogP contribution in [0.3, 0.4) is 0 Å². The Labute approximate surface area is 59.4 Å². The maximum absolute atomic E-state index is 10.4. The number of hydrogen-bond acceptors (Lipinski definition) is 3. The van der Waals surface area contributed by atoms with Crippen LogP contribution in [0.5, 0.6) is 0 Å². The summed E-state index contributed by atoms with van der Waals surface area (Å²) < 4.78 is 0. The summed E-state index contributed by atoms with van der Waals surface area (Å²) in [7, 11) is 0. The van der Waals surface area contributed by atoms with E-state index in [1.165, 1.54) is 0 Å². The van der Waals surface area contributed by atoms with Gasteiger partial charge in [-0.3, -0.25) is 4.79 Å². The molecule has 0 aromatic carbocycles. The number of carbonyl (C=O) groups is 1. The van der Waals surface area contributed by atoms with E-state index in [-0.39, 0.29) is 6.04 Å². The van der Waals surface area contributed by atoms with Gasteiger partial charge >= 0.3 is 5.97 Å². The molecule has 1 heterocycles. The van der Waals surface area contributed by atoms with Crippen LogP contribution in [0.4, 0.5) is 0 Å². The molecule has 0 aromatic rings. The Morgan fingerprint density at radius 1 is 1.70 bits per heavy atom. The normalized spacial score (nSPS) is 33.7. The fourth-order valence-corrected chi connectivity index (χ4v) is 1.15. The second-order valence-electron chi connectivity index (χ2n) is 2.60. The van der Waals surface area contributed by atoms with Crippen LogP contribution >= 0.6 is 0 Å². The van der Waals surface area contributed by atoms with E-state index in [1.54, 1.807) is 0 Å². The van der Waals surface area contributed by atoms with Gasteiger partial charge < -0.3 is 16.2 Å². The van der Waals surface area contributed by atoms with Gasteiger partial charge in [0.25, 0.3) is 0 Å². The highest BCUT2D eigenvalue weighted by Gasteiger charge is 2.27. The van der Waals surface area contributed by atoms with E-state index in [4.69, 9.17) is 10.8 Å². The second kappa shape index (κ2) is 2.98. The van der Waals surface area contributed by atoms with Crippen molar-refractivity contribution in [2.24, 2.45) is 11.7 Å². The van der Waals surface area contributed by atoms with E-state index in [2.05, 4.69) is 5.32 Å². The van der Waals surface area contributed by atoms with Crippen LogP contribution in [0.1, 0.15) is 6.42 Å². The van der Waals surface area contributed by atoms with Gasteiger partial charge in [0.2, 0.25) is 0 Å². The van der Waals surface area contributed by atoms with Gasteiger partial charge in [-0.1, -0.05) is 0 Å². The molecule has 2 atom stereocenters. The Kier molecular flexibility index (Phi) is 2.24. The minimum atomic E-state index is -0.792. The molecule has 4 heteroatoms. The monoisotopic (exact) mass is 144 g/mol. The Balaban J connectivity index is 2.47. The molecule has 4 nitrogen and oxygen atoms in total. The number of nitrogens with one attached hydrogen (secondary N) is 1. The van der Waals surface area contributed by atoms with E-state index < -0.39 is 11.9 Å². The second-order valence-corrected chi connectivity index (χ2v) is 2.60. The molecule has 0 amide bonds. The quantitative estimate of drug-likeness (QED) is 0.441. The van der Waals surface area contributed by atoms with Gasteiger partial charge in [-0.2, -0.15) is 0 Å². The van der Waals surface area contributed by atoms with Gasteiger partial charge in [0.15, 0.2) is 0 Å². The van der Waals surface area contributed by atoms with Crippen LogP contribution in [-0.2, 0) is 4.79 Å². The predicted molar refractivity (Wildman–Crippen MR) is 36.6 cm³/mol. The molecule has 1 aliphatic rings. The molecule has 0 aromatic heterocycles. The number of nitrogens with two attached hydrogens (primary N) is 1. The minimum absolute atomic E-state index is 0.168. The molecule has 4 N–H and O–H groups in total. The Morgan fingerprint density at radius 2 is 2.40 bits per heavy atom. The van der Waals surface area contributed by atoms with Crippen molar-refractivity contribution in [2.45, 2.75) is 12.5 Å². The predicted octanol–water partition coefficient (Wildman–Crippen LogP) is -0.992. The summed E-state index contributed by atoms with van der Waals surface area (Å²) >= 11 is 0. The van der Waals surface area contributed by atoms with E-state index in [9.17, 15) is 4.79 Å². The molecule has 0 aliphatic carbocycles. The molecule has 0 bridgehead atoms. The molecule has 1 aliphatic heterocycles. The molecule has 1 saturated heterocycles. The van der Waals surface area contributed by atoms with Crippen LogP contribution in [-0.4, -0.2) is 30.2 Å². The number of carboxylic acid groups (broad SMARTS) is 1. The molecular formula is C6H12N2O2. The molecule has 0 spiro atoms. The summed E-state index contributed by atoms with van der Waals surface area (Å²) in [6.45, 7) is 1.35. The summed E-state index contributed by atoms with van der Waals surface area (Å²) in [5.74, 6) is -1.19. The van der Waals surface area contributed by atoms with E-state index in [0.717, 1.165) is 13.0 Å². The summed E-state index contributed by atoms with van der Waals surface area (Å²) in [6.07, 6.45) is 0.761. The van der Waals surface area contributed by atoms with Crippen molar-refractivity contribution in [2.75, 3.05) is 13.1 Å².